The molecule has 5 aromatic rings. The zero-order chi connectivity index (χ0) is 40.0. The Labute approximate surface area is 331 Å². The number of nitrogens with zero attached hydrogens (tertiary/aromatic N) is 3. The number of hydrogen-bond donors (Lipinski definition) is 3. The predicted octanol–water partition coefficient (Wildman–Crippen LogP) is 5.75. The number of carbonyl (C=O) groups excluding carboxylic acids is 4. The molecule has 0 saturated carbocycles. The first-order valence-electron chi connectivity index (χ1n) is 19.2. The van der Waals surface area contributed by atoms with Gasteiger partial charge in [-0.15, -0.1) is 0 Å². The summed E-state index contributed by atoms with van der Waals surface area (Å²) >= 11 is 0. The van der Waals surface area contributed by atoms with Crippen LogP contribution in [0.1, 0.15) is 59.5 Å². The summed E-state index contributed by atoms with van der Waals surface area (Å²) in [4.78, 5) is 66.5. The first-order chi connectivity index (χ1) is 27.7. The van der Waals surface area contributed by atoms with Crippen LogP contribution in [0.4, 0.5) is 4.79 Å². The van der Waals surface area contributed by atoms with Gasteiger partial charge in [0, 0.05) is 25.4 Å². The fraction of sp³-hybridized carbons (Fsp3) is 0.318. The van der Waals surface area contributed by atoms with Crippen LogP contribution in [0.5, 0.6) is 0 Å². The smallest absolute Gasteiger partial charge is 0.408 e. The van der Waals surface area contributed by atoms with Gasteiger partial charge in [0.1, 0.15) is 24.2 Å². The highest BCUT2D eigenvalue weighted by molar-refractivity contribution is 6.00. The molecular formula is C44H48N6O7. The van der Waals surface area contributed by atoms with E-state index in [-0.39, 0.29) is 63.2 Å². The van der Waals surface area contributed by atoms with Crippen molar-refractivity contribution in [1.82, 2.24) is 15.2 Å². The van der Waals surface area contributed by atoms with Crippen LogP contribution in [0, 0.1) is 5.92 Å². The molecule has 0 spiro atoms. The van der Waals surface area contributed by atoms with Crippen LogP contribution in [0.3, 0.4) is 0 Å². The number of para-hydroxylation sites is 2. The van der Waals surface area contributed by atoms with E-state index in [4.69, 9.17) is 25.4 Å². The lowest BCUT2D eigenvalue weighted by Gasteiger charge is -2.31. The highest BCUT2D eigenvalue weighted by Gasteiger charge is 2.45. The minimum Gasteiger partial charge on any atom is -0.445 e. The monoisotopic (exact) mass is 772 g/mol. The number of likely N-dealkylation sites (tertiary alicyclic amines) is 1. The van der Waals surface area contributed by atoms with Crippen LogP contribution in [0.2, 0.25) is 0 Å². The minimum absolute atomic E-state index is 0.0190. The number of rotatable bonds is 19. The molecule has 4 aromatic carbocycles. The summed E-state index contributed by atoms with van der Waals surface area (Å²) in [6, 6.07) is 33.4. The number of alkyl carbamates (subject to hydrolysis) is 1. The number of aromatic nitrogens is 1. The van der Waals surface area contributed by atoms with Crippen molar-refractivity contribution in [3.05, 3.63) is 138 Å². The van der Waals surface area contributed by atoms with Crippen molar-refractivity contribution in [2.45, 2.75) is 69.9 Å². The summed E-state index contributed by atoms with van der Waals surface area (Å²) in [5.74, 6) is -2.28. The van der Waals surface area contributed by atoms with Crippen LogP contribution in [0.15, 0.2) is 125 Å². The normalized spacial score (nSPS) is 16.1. The number of guanidine groups is 1. The van der Waals surface area contributed by atoms with Gasteiger partial charge in [-0.25, -0.2) is 9.78 Å². The molecule has 0 aliphatic carbocycles. The topological polar surface area (TPSA) is 192 Å². The first kappa shape index (κ1) is 40.3. The van der Waals surface area contributed by atoms with Gasteiger partial charge in [0.05, 0.1) is 12.7 Å². The lowest BCUT2D eigenvalue weighted by molar-refractivity contribution is -0.142. The van der Waals surface area contributed by atoms with E-state index >= 15 is 0 Å². The number of oxazole rings is 1. The molecule has 1 aliphatic rings. The van der Waals surface area contributed by atoms with Gasteiger partial charge < -0.3 is 35.6 Å². The number of nitrogens with two attached hydrogens (primary N) is 2. The number of ether oxygens (including phenoxy) is 2. The van der Waals surface area contributed by atoms with Crippen molar-refractivity contribution in [2.75, 3.05) is 13.1 Å². The van der Waals surface area contributed by atoms with Crippen LogP contribution in [0.25, 0.3) is 11.1 Å². The molecule has 0 unspecified atom stereocenters. The standard InChI is InChI=1S/C44H48N6O7/c45-43(46)47-25-12-19-33(40(52)41-48-34-20-10-11-21-37(34)57-41)27-36(51)39-38(55-28-31-15-6-2-7-16-31)24-26-50(39)42(53)35(23-22-30-13-4-1-5-14-30)49-44(54)56-29-32-17-8-3-9-18-32/h1-11,13-18,20-21,33,35,38-39H,12,19,22-29H2,(H,49,54)(H4,45,46,47)/t33-,35-,38+,39-/m1/s1. The summed E-state index contributed by atoms with van der Waals surface area (Å²) in [7, 11) is 0. The van der Waals surface area contributed by atoms with Gasteiger partial charge in [-0.1, -0.05) is 103 Å². The van der Waals surface area contributed by atoms with Crippen LogP contribution in [-0.4, -0.2) is 70.7 Å². The van der Waals surface area contributed by atoms with Crippen LogP contribution in [-0.2, 0) is 38.7 Å². The van der Waals surface area contributed by atoms with E-state index in [0.29, 0.717) is 30.4 Å². The van der Waals surface area contributed by atoms with Crippen molar-refractivity contribution >= 4 is 40.6 Å². The van der Waals surface area contributed by atoms with Crippen molar-refractivity contribution in [2.24, 2.45) is 22.4 Å². The zero-order valence-corrected chi connectivity index (χ0v) is 31.7. The third-order valence-electron chi connectivity index (χ3n) is 9.96. The van der Waals surface area contributed by atoms with E-state index in [0.717, 1.165) is 16.7 Å². The van der Waals surface area contributed by atoms with Crippen LogP contribution >= 0.6 is 0 Å². The minimum atomic E-state index is -1.04. The number of fused-ring (bicyclic) bond motifs is 1. The van der Waals surface area contributed by atoms with Crippen molar-refractivity contribution in [3.8, 4) is 0 Å². The summed E-state index contributed by atoms with van der Waals surface area (Å²) < 4.78 is 17.7. The molecule has 1 aromatic heterocycles. The Morgan fingerprint density at radius 2 is 1.46 bits per heavy atom. The maximum absolute atomic E-state index is 14.7. The molecule has 1 aliphatic heterocycles. The quantitative estimate of drug-likeness (QED) is 0.0403. The molecule has 296 valence electrons. The molecule has 2 heterocycles. The van der Waals surface area contributed by atoms with Gasteiger partial charge in [0.25, 0.3) is 5.89 Å². The van der Waals surface area contributed by atoms with Gasteiger partial charge in [0.15, 0.2) is 17.3 Å². The lowest BCUT2D eigenvalue weighted by atomic mass is 9.89. The van der Waals surface area contributed by atoms with Crippen molar-refractivity contribution < 1.29 is 33.1 Å². The predicted molar refractivity (Wildman–Crippen MR) is 215 cm³/mol. The first-order valence-corrected chi connectivity index (χ1v) is 19.2. The number of nitrogens with one attached hydrogen (secondary N) is 1. The Kier molecular flexibility index (Phi) is 14.2. The Bertz CT molecular complexity index is 2090. The maximum atomic E-state index is 14.7. The fourth-order valence-corrected chi connectivity index (χ4v) is 7.05. The van der Waals surface area contributed by atoms with Gasteiger partial charge in [-0.05, 0) is 60.9 Å². The average molecular weight is 773 g/mol. The van der Waals surface area contributed by atoms with Gasteiger partial charge in [0.2, 0.25) is 11.7 Å². The number of hydrogen-bond acceptors (Lipinski definition) is 9. The average Bonchev–Trinajstić information content (AvgIpc) is 3.87. The van der Waals surface area contributed by atoms with Crippen molar-refractivity contribution in [1.29, 1.82) is 0 Å². The Morgan fingerprint density at radius 3 is 2.12 bits per heavy atom. The Balaban J connectivity index is 1.25. The molecule has 1 fully saturated rings. The third kappa shape index (κ3) is 11.4. The summed E-state index contributed by atoms with van der Waals surface area (Å²) in [6.45, 7) is 0.680. The Morgan fingerprint density at radius 1 is 0.825 bits per heavy atom. The molecule has 0 radical (unpaired) electrons. The molecule has 6 rings (SSSR count). The number of aryl methyl sites for hydroxylation is 1. The highest BCUT2D eigenvalue weighted by atomic mass is 16.5. The lowest BCUT2D eigenvalue weighted by Crippen LogP contribution is -2.54. The second-order valence-corrected chi connectivity index (χ2v) is 14.1. The van der Waals surface area contributed by atoms with Crippen molar-refractivity contribution in [3.63, 3.8) is 0 Å². The molecule has 57 heavy (non-hydrogen) atoms. The number of ketones is 2. The molecule has 1 saturated heterocycles. The number of Topliss-reactive ketones (excluding diaryl/α,β-unsaturated/α-hetero) is 2. The van der Waals surface area contributed by atoms with E-state index in [1.165, 1.54) is 4.90 Å². The fourth-order valence-electron chi connectivity index (χ4n) is 7.05. The number of amides is 2. The molecule has 5 N–H and O–H groups in total. The van der Waals surface area contributed by atoms with E-state index in [2.05, 4.69) is 15.3 Å². The maximum Gasteiger partial charge on any atom is 0.408 e. The number of aliphatic imine (C=N–C) groups is 1. The van der Waals surface area contributed by atoms with Gasteiger partial charge >= 0.3 is 6.09 Å². The number of carbonyl (C=O) groups is 4. The summed E-state index contributed by atoms with van der Waals surface area (Å²) in [5, 5.41) is 2.79. The van der Waals surface area contributed by atoms with Crippen LogP contribution < -0.4 is 16.8 Å². The summed E-state index contributed by atoms with van der Waals surface area (Å²) in [5.41, 5.74) is 14.7. The Hall–Kier alpha value is -6.34. The van der Waals surface area contributed by atoms with E-state index in [1.807, 2.05) is 91.0 Å². The van der Waals surface area contributed by atoms with Gasteiger partial charge in [-0.2, -0.15) is 0 Å². The van der Waals surface area contributed by atoms with E-state index in [9.17, 15) is 19.2 Å². The highest BCUT2D eigenvalue weighted by Crippen LogP contribution is 2.29. The second kappa shape index (κ2) is 20.0. The molecular weight excluding hydrogens is 725 g/mol. The van der Waals surface area contributed by atoms with Gasteiger partial charge in [-0.3, -0.25) is 19.4 Å². The molecule has 13 nitrogen and oxygen atoms in total. The molecule has 2 amide bonds. The SMILES string of the molecule is NC(N)=NCCC[C@H](CC(=O)[C@@H]1[C@@H](OCc2ccccc2)CCN1C(=O)[C@@H](CCc1ccccc1)NC(=O)OCc1ccccc1)C(=O)c1nc2ccccc2o1. The number of benzene rings is 4. The zero-order valence-electron chi connectivity index (χ0n) is 31.7. The van der Waals surface area contributed by atoms with E-state index in [1.54, 1.807) is 24.3 Å². The largest absolute Gasteiger partial charge is 0.445 e. The molecule has 0 bridgehead atoms. The molecule has 4 atom stereocenters. The van der Waals surface area contributed by atoms with E-state index < -0.39 is 41.9 Å². The third-order valence-corrected chi connectivity index (χ3v) is 9.96. The molecule has 13 heteroatoms. The second-order valence-electron chi connectivity index (χ2n) is 14.1. The summed E-state index contributed by atoms with van der Waals surface area (Å²) in [6.07, 6.45) is 0.0996.